The number of hydrogen-bond acceptors (Lipinski definition) is 3. The number of carbonyl (C=O) groups excluding carboxylic acids is 1. The fraction of sp³-hybridized carbons (Fsp3) is 0.278. The summed E-state index contributed by atoms with van der Waals surface area (Å²) in [7, 11) is 1.46. The third kappa shape index (κ3) is 2.98. The predicted molar refractivity (Wildman–Crippen MR) is 81.6 cm³/mol. The first-order valence-electron chi connectivity index (χ1n) is 7.20. The van der Waals surface area contributed by atoms with Crippen molar-refractivity contribution in [1.82, 2.24) is 4.90 Å². The fourth-order valence-corrected chi connectivity index (χ4v) is 2.93. The van der Waals surface area contributed by atoms with Crippen LogP contribution in [0.4, 0.5) is 0 Å². The fourth-order valence-electron chi connectivity index (χ4n) is 2.93. The Labute approximate surface area is 125 Å². The van der Waals surface area contributed by atoms with Gasteiger partial charge in [-0.05, 0) is 23.1 Å². The van der Waals surface area contributed by atoms with E-state index in [2.05, 4.69) is 35.2 Å². The Morgan fingerprint density at radius 2 is 1.76 bits per heavy atom. The monoisotopic (exact) mass is 281 g/mol. The molecule has 0 spiro atoms. The molecule has 0 radical (unpaired) electrons. The van der Waals surface area contributed by atoms with Crippen molar-refractivity contribution in [1.29, 1.82) is 0 Å². The maximum absolute atomic E-state index is 12.1. The second-order valence-electron chi connectivity index (χ2n) is 5.40. The molecule has 0 N–H and O–H groups in total. The highest BCUT2D eigenvalue weighted by Crippen LogP contribution is 2.25. The normalized spacial score (nSPS) is 18.0. The average molecular weight is 281 g/mol. The van der Waals surface area contributed by atoms with Crippen molar-refractivity contribution >= 4 is 5.97 Å². The van der Waals surface area contributed by atoms with Crippen molar-refractivity contribution in [2.45, 2.75) is 25.6 Å². The van der Waals surface area contributed by atoms with Crippen LogP contribution in [-0.2, 0) is 29.0 Å². The summed E-state index contributed by atoms with van der Waals surface area (Å²) in [6.45, 7) is 1.54. The largest absolute Gasteiger partial charge is 0.468 e. The lowest BCUT2D eigenvalue weighted by molar-refractivity contribution is -0.147. The Morgan fingerprint density at radius 3 is 2.48 bits per heavy atom. The lowest BCUT2D eigenvalue weighted by atomic mass is 9.93. The van der Waals surface area contributed by atoms with Crippen LogP contribution in [0.15, 0.2) is 54.6 Å². The number of esters is 1. The number of ether oxygens (including phenoxy) is 1. The molecule has 0 bridgehead atoms. The van der Waals surface area contributed by atoms with Gasteiger partial charge in [0.15, 0.2) is 0 Å². The van der Waals surface area contributed by atoms with E-state index in [0.29, 0.717) is 0 Å². The molecule has 0 fully saturated rings. The summed E-state index contributed by atoms with van der Waals surface area (Å²) in [6, 6.07) is 18.4. The van der Waals surface area contributed by atoms with Gasteiger partial charge in [0.2, 0.25) is 0 Å². The van der Waals surface area contributed by atoms with E-state index in [1.165, 1.54) is 23.8 Å². The first-order valence-corrected chi connectivity index (χ1v) is 7.20. The predicted octanol–water partition coefficient (Wildman–Crippen LogP) is 2.79. The molecule has 2 aromatic rings. The van der Waals surface area contributed by atoms with Gasteiger partial charge in [0.1, 0.15) is 6.04 Å². The van der Waals surface area contributed by atoms with E-state index in [1.54, 1.807) is 0 Å². The van der Waals surface area contributed by atoms with Gasteiger partial charge in [-0.25, -0.2) is 0 Å². The third-order valence-electron chi connectivity index (χ3n) is 4.05. The van der Waals surface area contributed by atoms with Crippen LogP contribution in [0.2, 0.25) is 0 Å². The minimum atomic E-state index is -0.204. The van der Waals surface area contributed by atoms with Crippen molar-refractivity contribution in [3.05, 3.63) is 71.3 Å². The Bertz CT molecular complexity index is 624. The van der Waals surface area contributed by atoms with Crippen LogP contribution in [0.3, 0.4) is 0 Å². The molecule has 3 nitrogen and oxygen atoms in total. The average Bonchev–Trinajstić information content (AvgIpc) is 2.54. The van der Waals surface area contributed by atoms with Gasteiger partial charge in [0.05, 0.1) is 7.11 Å². The van der Waals surface area contributed by atoms with E-state index in [9.17, 15) is 4.79 Å². The highest BCUT2D eigenvalue weighted by atomic mass is 16.5. The summed E-state index contributed by atoms with van der Waals surface area (Å²) < 4.78 is 4.99. The quantitative estimate of drug-likeness (QED) is 0.810. The number of methoxy groups -OCH3 is 1. The summed E-state index contributed by atoms with van der Waals surface area (Å²) >= 11 is 0. The Balaban J connectivity index is 1.87. The molecular formula is C18H19NO2. The van der Waals surface area contributed by atoms with Gasteiger partial charge in [0.25, 0.3) is 0 Å². The first kappa shape index (κ1) is 13.8. The standard InChI is InChI=1S/C18H19NO2/c1-21-18(20)17-11-15-9-5-6-10-16(15)13-19(17)12-14-7-3-2-4-8-14/h2-10,17H,11-13H2,1H3/t17-/m0/s1. The maximum Gasteiger partial charge on any atom is 0.323 e. The first-order chi connectivity index (χ1) is 10.3. The molecule has 1 aliphatic rings. The maximum atomic E-state index is 12.1. The topological polar surface area (TPSA) is 29.5 Å². The Morgan fingerprint density at radius 1 is 1.10 bits per heavy atom. The van der Waals surface area contributed by atoms with Gasteiger partial charge >= 0.3 is 5.97 Å². The van der Waals surface area contributed by atoms with Crippen LogP contribution in [0.25, 0.3) is 0 Å². The molecule has 108 valence electrons. The molecular weight excluding hydrogens is 262 g/mol. The summed E-state index contributed by atoms with van der Waals surface area (Å²) in [4.78, 5) is 14.3. The van der Waals surface area contributed by atoms with Gasteiger partial charge < -0.3 is 4.74 Å². The highest BCUT2D eigenvalue weighted by molar-refractivity contribution is 5.76. The van der Waals surface area contributed by atoms with Gasteiger partial charge in [-0.1, -0.05) is 54.6 Å². The van der Waals surface area contributed by atoms with Crippen molar-refractivity contribution in [3.8, 4) is 0 Å². The van der Waals surface area contributed by atoms with Gasteiger partial charge in [-0.3, -0.25) is 9.69 Å². The lowest BCUT2D eigenvalue weighted by Crippen LogP contribution is -2.45. The molecule has 0 aromatic heterocycles. The van der Waals surface area contributed by atoms with E-state index in [1.807, 2.05) is 24.3 Å². The molecule has 0 saturated carbocycles. The van der Waals surface area contributed by atoms with Crippen LogP contribution in [0.1, 0.15) is 16.7 Å². The van der Waals surface area contributed by atoms with E-state index >= 15 is 0 Å². The molecule has 1 aliphatic heterocycles. The lowest BCUT2D eigenvalue weighted by Gasteiger charge is -2.35. The number of benzene rings is 2. The van der Waals surface area contributed by atoms with Crippen LogP contribution in [0.5, 0.6) is 0 Å². The van der Waals surface area contributed by atoms with Crippen molar-refractivity contribution in [2.24, 2.45) is 0 Å². The highest BCUT2D eigenvalue weighted by Gasteiger charge is 2.31. The minimum Gasteiger partial charge on any atom is -0.468 e. The second-order valence-corrected chi connectivity index (χ2v) is 5.40. The number of rotatable bonds is 3. The van der Waals surface area contributed by atoms with E-state index in [4.69, 9.17) is 4.74 Å². The molecule has 1 atom stereocenters. The van der Waals surface area contributed by atoms with Gasteiger partial charge in [0, 0.05) is 13.1 Å². The van der Waals surface area contributed by atoms with Crippen LogP contribution >= 0.6 is 0 Å². The van der Waals surface area contributed by atoms with Crippen molar-refractivity contribution in [2.75, 3.05) is 7.11 Å². The molecule has 2 aromatic carbocycles. The molecule has 0 aliphatic carbocycles. The van der Waals surface area contributed by atoms with Gasteiger partial charge in [-0.15, -0.1) is 0 Å². The zero-order valence-electron chi connectivity index (χ0n) is 12.2. The van der Waals surface area contributed by atoms with Gasteiger partial charge in [-0.2, -0.15) is 0 Å². The third-order valence-corrected chi connectivity index (χ3v) is 4.05. The summed E-state index contributed by atoms with van der Waals surface area (Å²) in [6.07, 6.45) is 0.718. The zero-order valence-corrected chi connectivity index (χ0v) is 12.2. The Hall–Kier alpha value is -2.13. The summed E-state index contributed by atoms with van der Waals surface area (Å²) in [5.74, 6) is -0.152. The SMILES string of the molecule is COC(=O)[C@@H]1Cc2ccccc2CN1Cc1ccccc1. The zero-order chi connectivity index (χ0) is 14.7. The molecule has 3 heteroatoms. The van der Waals surface area contributed by atoms with Crippen LogP contribution in [-0.4, -0.2) is 24.0 Å². The van der Waals surface area contributed by atoms with E-state index < -0.39 is 0 Å². The Kier molecular flexibility index (Phi) is 4.02. The number of nitrogens with zero attached hydrogens (tertiary/aromatic N) is 1. The molecule has 0 unspecified atom stereocenters. The number of hydrogen-bond donors (Lipinski definition) is 0. The molecule has 0 amide bonds. The van der Waals surface area contributed by atoms with Crippen molar-refractivity contribution < 1.29 is 9.53 Å². The number of fused-ring (bicyclic) bond motifs is 1. The summed E-state index contributed by atoms with van der Waals surface area (Å²) in [5.41, 5.74) is 3.76. The van der Waals surface area contributed by atoms with E-state index in [-0.39, 0.29) is 12.0 Å². The smallest absolute Gasteiger partial charge is 0.323 e. The molecule has 21 heavy (non-hydrogen) atoms. The molecule has 3 rings (SSSR count). The van der Waals surface area contributed by atoms with Crippen LogP contribution in [0, 0.1) is 0 Å². The number of carbonyl (C=O) groups is 1. The van der Waals surface area contributed by atoms with Crippen molar-refractivity contribution in [3.63, 3.8) is 0 Å². The minimum absolute atomic E-state index is 0.152. The van der Waals surface area contributed by atoms with E-state index in [0.717, 1.165) is 19.5 Å². The molecule has 1 heterocycles. The summed E-state index contributed by atoms with van der Waals surface area (Å²) in [5, 5.41) is 0. The van der Waals surface area contributed by atoms with Crippen LogP contribution < -0.4 is 0 Å². The molecule has 0 saturated heterocycles. The second kappa shape index (κ2) is 6.10.